The first-order valence-electron chi connectivity index (χ1n) is 4.19. The second-order valence-electron chi connectivity index (χ2n) is 3.25. The number of hydrogen-bond acceptors (Lipinski definition) is 3. The van der Waals surface area contributed by atoms with Gasteiger partial charge < -0.3 is 9.47 Å². The number of methoxy groups -OCH3 is 1. The molecule has 0 saturated carbocycles. The molecule has 1 aromatic rings. The second kappa shape index (κ2) is 3.24. The molecule has 2 nitrogen and oxygen atoms in total. The van der Waals surface area contributed by atoms with E-state index in [9.17, 15) is 0 Å². The Balaban J connectivity index is 2.22. The summed E-state index contributed by atoms with van der Waals surface area (Å²) in [6, 6.07) is 7.97. The van der Waals surface area contributed by atoms with Crippen molar-refractivity contribution in [3.63, 3.8) is 0 Å². The zero-order chi connectivity index (χ0) is 9.31. The van der Waals surface area contributed by atoms with E-state index in [0.717, 1.165) is 5.75 Å². The number of rotatable bonds is 2. The van der Waals surface area contributed by atoms with Gasteiger partial charge in [0.2, 0.25) is 0 Å². The number of hydrogen-bond donors (Lipinski definition) is 1. The van der Waals surface area contributed by atoms with Crippen LogP contribution in [0.5, 0.6) is 5.75 Å². The maximum absolute atomic E-state index is 5.14. The van der Waals surface area contributed by atoms with E-state index in [4.69, 9.17) is 9.47 Å². The Kier molecular flexibility index (Phi) is 2.22. The molecule has 0 aromatic heterocycles. The Morgan fingerprint density at radius 1 is 1.31 bits per heavy atom. The third-order valence-electron chi connectivity index (χ3n) is 2.31. The smallest absolute Gasteiger partial charge is 0.118 e. The molecule has 70 valence electrons. The summed E-state index contributed by atoms with van der Waals surface area (Å²) >= 11 is 4.56. The third kappa shape index (κ3) is 1.54. The van der Waals surface area contributed by atoms with Crippen LogP contribution in [-0.4, -0.2) is 20.3 Å². The number of ether oxygens (including phenoxy) is 2. The van der Waals surface area contributed by atoms with Crippen molar-refractivity contribution in [2.75, 3.05) is 20.3 Å². The zero-order valence-electron chi connectivity index (χ0n) is 7.49. The van der Waals surface area contributed by atoms with Crippen LogP contribution in [0.4, 0.5) is 0 Å². The molecule has 1 aromatic carbocycles. The maximum Gasteiger partial charge on any atom is 0.118 e. The van der Waals surface area contributed by atoms with Crippen LogP contribution in [0, 0.1) is 0 Å². The molecule has 1 aliphatic heterocycles. The number of benzene rings is 1. The van der Waals surface area contributed by atoms with Gasteiger partial charge in [-0.15, -0.1) is 0 Å². The van der Waals surface area contributed by atoms with Crippen molar-refractivity contribution in [1.82, 2.24) is 0 Å². The summed E-state index contributed by atoms with van der Waals surface area (Å²) in [7, 11) is 1.66. The van der Waals surface area contributed by atoms with Crippen molar-refractivity contribution >= 4 is 12.6 Å². The average Bonchev–Trinajstić information content (AvgIpc) is 2.14. The number of thiol groups is 1. The lowest BCUT2D eigenvalue weighted by atomic mass is 9.96. The average molecular weight is 196 g/mol. The van der Waals surface area contributed by atoms with Crippen LogP contribution in [0.1, 0.15) is 5.56 Å². The van der Waals surface area contributed by atoms with Crippen molar-refractivity contribution in [1.29, 1.82) is 0 Å². The lowest BCUT2D eigenvalue weighted by Crippen LogP contribution is -2.41. The van der Waals surface area contributed by atoms with Crippen LogP contribution in [0.2, 0.25) is 0 Å². The summed E-state index contributed by atoms with van der Waals surface area (Å²) in [6.45, 7) is 1.39. The molecule has 0 bridgehead atoms. The van der Waals surface area contributed by atoms with E-state index in [-0.39, 0.29) is 4.75 Å². The monoisotopic (exact) mass is 196 g/mol. The standard InChI is InChI=1S/C10H12O2S/c1-11-9-4-2-8(3-5-9)10(13)6-12-7-10/h2-5,13H,6-7H2,1H3. The predicted octanol–water partition coefficient (Wildman–Crippen LogP) is 1.85. The summed E-state index contributed by atoms with van der Waals surface area (Å²) in [5, 5.41) is 0. The lowest BCUT2D eigenvalue weighted by Gasteiger charge is -2.37. The van der Waals surface area contributed by atoms with Crippen molar-refractivity contribution < 1.29 is 9.47 Å². The van der Waals surface area contributed by atoms with Gasteiger partial charge in [0, 0.05) is 0 Å². The highest BCUT2D eigenvalue weighted by atomic mass is 32.1. The molecule has 0 aliphatic carbocycles. The molecule has 0 unspecified atom stereocenters. The van der Waals surface area contributed by atoms with E-state index in [0.29, 0.717) is 13.2 Å². The molecule has 2 rings (SSSR count). The summed E-state index contributed by atoms with van der Waals surface area (Å²) in [6.07, 6.45) is 0. The van der Waals surface area contributed by atoms with Crippen molar-refractivity contribution in [3.8, 4) is 5.75 Å². The quantitative estimate of drug-likeness (QED) is 0.728. The van der Waals surface area contributed by atoms with Gasteiger partial charge >= 0.3 is 0 Å². The fraction of sp³-hybridized carbons (Fsp3) is 0.400. The van der Waals surface area contributed by atoms with E-state index in [1.807, 2.05) is 24.3 Å². The second-order valence-corrected chi connectivity index (χ2v) is 4.11. The largest absolute Gasteiger partial charge is 0.497 e. The van der Waals surface area contributed by atoms with Crippen molar-refractivity contribution in [2.45, 2.75) is 4.75 Å². The third-order valence-corrected chi connectivity index (χ3v) is 2.83. The van der Waals surface area contributed by atoms with Gasteiger partial charge in [0.15, 0.2) is 0 Å². The lowest BCUT2D eigenvalue weighted by molar-refractivity contribution is -0.00970. The van der Waals surface area contributed by atoms with Gasteiger partial charge in [0.1, 0.15) is 5.75 Å². The van der Waals surface area contributed by atoms with E-state index >= 15 is 0 Å². The Morgan fingerprint density at radius 3 is 2.31 bits per heavy atom. The Labute approximate surface area is 83.3 Å². The molecule has 1 heterocycles. The van der Waals surface area contributed by atoms with Crippen molar-refractivity contribution in [2.24, 2.45) is 0 Å². The first-order chi connectivity index (χ1) is 6.24. The highest BCUT2D eigenvalue weighted by Gasteiger charge is 2.36. The van der Waals surface area contributed by atoms with Crippen molar-refractivity contribution in [3.05, 3.63) is 29.8 Å². The summed E-state index contributed by atoms with van der Waals surface area (Å²) in [4.78, 5) is 0. The molecule has 3 heteroatoms. The molecule has 0 radical (unpaired) electrons. The molecular formula is C10H12O2S. The van der Waals surface area contributed by atoms with Crippen LogP contribution < -0.4 is 4.74 Å². The first kappa shape index (κ1) is 8.91. The van der Waals surface area contributed by atoms with Gasteiger partial charge in [-0.3, -0.25) is 0 Å². The molecule has 0 amide bonds. The van der Waals surface area contributed by atoms with E-state index in [1.165, 1.54) is 5.56 Å². The topological polar surface area (TPSA) is 18.5 Å². The van der Waals surface area contributed by atoms with E-state index in [2.05, 4.69) is 12.6 Å². The molecule has 1 aliphatic rings. The molecule has 0 N–H and O–H groups in total. The molecule has 13 heavy (non-hydrogen) atoms. The minimum Gasteiger partial charge on any atom is -0.497 e. The van der Waals surface area contributed by atoms with Crippen LogP contribution in [0.3, 0.4) is 0 Å². The van der Waals surface area contributed by atoms with Gasteiger partial charge in [0.05, 0.1) is 25.1 Å². The SMILES string of the molecule is COc1ccc(C2(S)COC2)cc1. The van der Waals surface area contributed by atoms with Gasteiger partial charge in [-0.2, -0.15) is 12.6 Å². The zero-order valence-corrected chi connectivity index (χ0v) is 8.38. The minimum absolute atomic E-state index is 0.0771. The predicted molar refractivity (Wildman–Crippen MR) is 54.5 cm³/mol. The van der Waals surface area contributed by atoms with Crippen LogP contribution in [0.15, 0.2) is 24.3 Å². The Bertz CT molecular complexity index is 290. The highest BCUT2D eigenvalue weighted by Crippen LogP contribution is 2.36. The molecule has 1 saturated heterocycles. The molecule has 0 spiro atoms. The first-order valence-corrected chi connectivity index (χ1v) is 4.64. The van der Waals surface area contributed by atoms with Crippen LogP contribution in [0.25, 0.3) is 0 Å². The van der Waals surface area contributed by atoms with Gasteiger partial charge in [-0.25, -0.2) is 0 Å². The Morgan fingerprint density at radius 2 is 1.92 bits per heavy atom. The summed E-state index contributed by atoms with van der Waals surface area (Å²) < 4.78 is 10.1. The minimum atomic E-state index is -0.0771. The van der Waals surface area contributed by atoms with Crippen LogP contribution >= 0.6 is 12.6 Å². The highest BCUT2D eigenvalue weighted by molar-refractivity contribution is 7.81. The fourth-order valence-corrected chi connectivity index (χ4v) is 1.69. The van der Waals surface area contributed by atoms with Gasteiger partial charge in [-0.1, -0.05) is 12.1 Å². The van der Waals surface area contributed by atoms with Gasteiger partial charge in [-0.05, 0) is 17.7 Å². The molecule has 0 atom stereocenters. The van der Waals surface area contributed by atoms with Gasteiger partial charge in [0.25, 0.3) is 0 Å². The Hall–Kier alpha value is -0.670. The normalized spacial score (nSPS) is 19.2. The summed E-state index contributed by atoms with van der Waals surface area (Å²) in [5.74, 6) is 0.876. The van der Waals surface area contributed by atoms with E-state index in [1.54, 1.807) is 7.11 Å². The van der Waals surface area contributed by atoms with Crippen LogP contribution in [-0.2, 0) is 9.48 Å². The molecule has 1 fully saturated rings. The molecular weight excluding hydrogens is 184 g/mol. The summed E-state index contributed by atoms with van der Waals surface area (Å²) in [5.41, 5.74) is 1.20. The fourth-order valence-electron chi connectivity index (χ4n) is 1.36. The maximum atomic E-state index is 5.14. The van der Waals surface area contributed by atoms with E-state index < -0.39 is 0 Å².